The third-order valence-corrected chi connectivity index (χ3v) is 21.3. The lowest BCUT2D eigenvalue weighted by Gasteiger charge is -2.64. The molecule has 486 valence electrons. The zero-order valence-electron chi connectivity index (χ0n) is 49.1. The van der Waals surface area contributed by atoms with Gasteiger partial charge >= 0.3 is 11.9 Å². The van der Waals surface area contributed by atoms with Gasteiger partial charge in [-0.3, -0.25) is 18.0 Å². The molecule has 0 amide bonds. The maximum atomic E-state index is 14.7. The number of methoxy groups -OCH3 is 1. The Labute approximate surface area is 494 Å². The van der Waals surface area contributed by atoms with Crippen molar-refractivity contribution in [1.82, 2.24) is 0 Å². The molecule has 5 heterocycles. The van der Waals surface area contributed by atoms with Crippen molar-refractivity contribution in [3.8, 4) is 0 Å². The number of fused-ring (bicyclic) bond motifs is 4. The molecule has 8 fully saturated rings. The van der Waals surface area contributed by atoms with Gasteiger partial charge in [-0.2, -0.15) is 0 Å². The number of ether oxygens (including phenoxy) is 11. The standard InChI is InChI=1S/C55H86O28S2/c1-24(2)12-11-17-54(9)45-30(76-26(4)56)20-53(8)28-13-14-33-51(5,6)34(16-18-52(33,7)27(28)15-19-55(45,53)50(64)82-54)78-49-44(36(59)32(22-73-49)83-85(68,69)70)81-47-38(61)37(60)41(25(3)75-47)79-46-39(62)42(29(57)21-72-46)80-48-40(63)43(71-10)35(58)31(77-48)23-74-84(65,66)67/h13,25,27,29-49,57-63H,1,11-12,14-23H2,2-10H3,(H,65,66,67)(H,68,69,70)/p-2/t25-,27-,29-,30+,31-,32-,33+,34+,35-,36+,37-,38-,39-,40-,41-,42+,43+,44-,45-,46+,47+,48+,49+,52-,53+,54+,55-/m1/s1. The third-order valence-electron chi connectivity index (χ3n) is 20.4. The van der Waals surface area contributed by atoms with Crippen LogP contribution in [-0.4, -0.2) is 229 Å². The third kappa shape index (κ3) is 12.4. The topological polar surface area (TPSA) is 410 Å². The summed E-state index contributed by atoms with van der Waals surface area (Å²) in [4.78, 5) is 27.4. The number of aliphatic hydroxyl groups excluding tert-OH is 7. The van der Waals surface area contributed by atoms with Gasteiger partial charge in [-0.05, 0) is 101 Å². The van der Waals surface area contributed by atoms with E-state index < -0.39 is 191 Å². The summed E-state index contributed by atoms with van der Waals surface area (Å²) < 4.78 is 144. The molecule has 27 atom stereocenters. The van der Waals surface area contributed by atoms with Crippen molar-refractivity contribution < 1.29 is 132 Å². The van der Waals surface area contributed by atoms with E-state index in [9.17, 15) is 71.3 Å². The number of allylic oxidation sites excluding steroid dienone is 3. The fraction of sp³-hybridized carbons (Fsp3) is 0.891. The van der Waals surface area contributed by atoms with Crippen molar-refractivity contribution in [2.24, 2.45) is 39.4 Å². The van der Waals surface area contributed by atoms with Gasteiger partial charge in [0.1, 0.15) is 91.1 Å². The molecule has 4 aliphatic carbocycles. The molecular weight excluding hydrogens is 1170 g/mol. The first kappa shape index (κ1) is 66.9. The minimum Gasteiger partial charge on any atom is -0.726 e. The van der Waals surface area contributed by atoms with E-state index in [0.29, 0.717) is 44.9 Å². The first-order valence-electron chi connectivity index (χ1n) is 29.0. The van der Waals surface area contributed by atoms with Crippen LogP contribution in [0.4, 0.5) is 0 Å². The van der Waals surface area contributed by atoms with Crippen molar-refractivity contribution >= 4 is 32.7 Å². The predicted molar refractivity (Wildman–Crippen MR) is 282 cm³/mol. The molecule has 0 aromatic heterocycles. The van der Waals surface area contributed by atoms with Gasteiger partial charge in [-0.25, -0.2) is 16.8 Å². The van der Waals surface area contributed by atoms with Crippen LogP contribution in [0, 0.1) is 39.4 Å². The van der Waals surface area contributed by atoms with Gasteiger partial charge in [0, 0.05) is 19.4 Å². The van der Waals surface area contributed by atoms with Gasteiger partial charge in [0.05, 0.1) is 43.4 Å². The van der Waals surface area contributed by atoms with Gasteiger partial charge in [-0.15, -0.1) is 6.58 Å². The highest BCUT2D eigenvalue weighted by atomic mass is 32.3. The highest BCUT2D eigenvalue weighted by molar-refractivity contribution is 7.81. The summed E-state index contributed by atoms with van der Waals surface area (Å²) in [6, 6.07) is 0. The van der Waals surface area contributed by atoms with Crippen LogP contribution in [0.25, 0.3) is 0 Å². The molecule has 1 spiro atoms. The maximum absolute atomic E-state index is 14.7. The molecule has 0 aromatic rings. The molecule has 30 heteroatoms. The van der Waals surface area contributed by atoms with Crippen LogP contribution in [0.2, 0.25) is 0 Å². The molecule has 5 aliphatic heterocycles. The number of carbonyl (C=O) groups excluding carboxylic acids is 2. The molecule has 7 N–H and O–H groups in total. The quantitative estimate of drug-likeness (QED) is 0.0380. The van der Waals surface area contributed by atoms with Crippen molar-refractivity contribution in [2.75, 3.05) is 26.9 Å². The first-order chi connectivity index (χ1) is 39.5. The second-order valence-corrected chi connectivity index (χ2v) is 28.1. The van der Waals surface area contributed by atoms with E-state index in [4.69, 9.17) is 52.1 Å². The Kier molecular flexibility index (Phi) is 19.4. The fourth-order valence-electron chi connectivity index (χ4n) is 16.5. The summed E-state index contributed by atoms with van der Waals surface area (Å²) in [5.74, 6) is -1.08. The fourth-order valence-corrected chi connectivity index (χ4v) is 17.3. The normalized spacial score (nSPS) is 48.0. The molecule has 0 radical (unpaired) electrons. The number of aliphatic hydroxyl groups is 7. The minimum atomic E-state index is -5.44. The number of cyclic esters (lactones) is 1. The molecule has 3 saturated carbocycles. The summed E-state index contributed by atoms with van der Waals surface area (Å²) in [7, 11) is -9.62. The van der Waals surface area contributed by atoms with E-state index in [1.807, 2.05) is 13.8 Å². The number of hydrogen-bond donors (Lipinski definition) is 7. The van der Waals surface area contributed by atoms with Crippen LogP contribution >= 0.6 is 0 Å². The van der Waals surface area contributed by atoms with Crippen molar-refractivity contribution in [3.63, 3.8) is 0 Å². The van der Waals surface area contributed by atoms with E-state index in [2.05, 4.69) is 48.7 Å². The Hall–Kier alpha value is -2.48. The van der Waals surface area contributed by atoms with Gasteiger partial charge < -0.3 is 97.0 Å². The number of esters is 2. The number of rotatable bonds is 19. The number of carbonyl (C=O) groups is 2. The SMILES string of the molecule is C=C(C)CCC[C@]1(C)OC(=O)[C@]23CC[C@@H]4C(=CC[C@H]5C(C)(C)[C@@H](O[C@@H]6OC[C@@H](OS(=O)(=O)[O-])[C@H](O)[C@H]6O[C@@H]6O[C@H](C)[C@@H](O[C@@H]7OC[C@@H](O)[C@H](O[C@@H]8O[C@H](COS(=O)(=O)[O-])[C@@H](O)[C@H](OC)[C@H]8O)[C@H]7O)[C@H](O)[C@H]6O)CC[C@]45C)[C@]2(C)C[C@H](OC(C)=O)[C@@H]31. The van der Waals surface area contributed by atoms with E-state index in [1.54, 1.807) is 0 Å². The monoisotopic (exact) mass is 1260 g/mol. The van der Waals surface area contributed by atoms with E-state index in [1.165, 1.54) is 13.8 Å². The van der Waals surface area contributed by atoms with Crippen molar-refractivity contribution in [3.05, 3.63) is 23.8 Å². The average Bonchev–Trinajstić information content (AvgIpc) is 1.53. The van der Waals surface area contributed by atoms with Crippen LogP contribution in [0.5, 0.6) is 0 Å². The maximum Gasteiger partial charge on any atom is 0.314 e. The van der Waals surface area contributed by atoms with Crippen LogP contribution in [0.1, 0.15) is 113 Å². The van der Waals surface area contributed by atoms with Crippen LogP contribution in [0.15, 0.2) is 23.8 Å². The molecule has 9 aliphatic rings. The zero-order chi connectivity index (χ0) is 62.5. The van der Waals surface area contributed by atoms with Crippen LogP contribution < -0.4 is 0 Å². The Morgan fingerprint density at radius 2 is 1.40 bits per heavy atom. The largest absolute Gasteiger partial charge is 0.726 e. The summed E-state index contributed by atoms with van der Waals surface area (Å²) in [6.07, 6.45) is -25.1. The summed E-state index contributed by atoms with van der Waals surface area (Å²) >= 11 is 0. The van der Waals surface area contributed by atoms with Crippen molar-refractivity contribution in [1.29, 1.82) is 0 Å². The lowest BCUT2D eigenvalue weighted by molar-refractivity contribution is -0.382. The van der Waals surface area contributed by atoms with Crippen LogP contribution in [0.3, 0.4) is 0 Å². The molecule has 0 aromatic carbocycles. The second-order valence-electron chi connectivity index (χ2n) is 26.1. The molecule has 85 heavy (non-hydrogen) atoms. The van der Waals surface area contributed by atoms with Gasteiger partial charge in [0.15, 0.2) is 25.2 Å². The minimum absolute atomic E-state index is 0.0142. The molecule has 0 unspecified atom stereocenters. The molecule has 9 rings (SSSR count). The Morgan fingerprint density at radius 3 is 2.05 bits per heavy atom. The molecule has 5 saturated heterocycles. The molecular formula is C55H84O28S2-2. The van der Waals surface area contributed by atoms with Crippen LogP contribution in [-0.2, 0) is 90.9 Å². The van der Waals surface area contributed by atoms with Gasteiger partial charge in [0.2, 0.25) is 20.8 Å². The predicted octanol–water partition coefficient (Wildman–Crippen LogP) is -0.238. The summed E-state index contributed by atoms with van der Waals surface area (Å²) in [5, 5.41) is 79.0. The average molecular weight is 1260 g/mol. The van der Waals surface area contributed by atoms with Gasteiger partial charge in [0.25, 0.3) is 0 Å². The Balaban J connectivity index is 0.898. The summed E-state index contributed by atoms with van der Waals surface area (Å²) in [5.41, 5.74) is -1.32. The molecule has 0 bridgehead atoms. The van der Waals surface area contributed by atoms with E-state index in [0.717, 1.165) is 31.1 Å². The van der Waals surface area contributed by atoms with E-state index >= 15 is 0 Å². The number of hydrogen-bond acceptors (Lipinski definition) is 28. The Morgan fingerprint density at radius 1 is 0.753 bits per heavy atom. The zero-order valence-corrected chi connectivity index (χ0v) is 50.7. The Bertz CT molecular complexity index is 2710. The highest BCUT2D eigenvalue weighted by Gasteiger charge is 2.79. The highest BCUT2D eigenvalue weighted by Crippen LogP contribution is 2.77. The second kappa shape index (κ2) is 24.6. The lowest BCUT2D eigenvalue weighted by atomic mass is 9.41. The lowest BCUT2D eigenvalue weighted by Crippen LogP contribution is -2.65. The van der Waals surface area contributed by atoms with Gasteiger partial charge in [-0.1, -0.05) is 44.9 Å². The van der Waals surface area contributed by atoms with Crippen molar-refractivity contribution in [2.45, 2.75) is 242 Å². The summed E-state index contributed by atoms with van der Waals surface area (Å²) in [6.45, 7) is 17.0. The van der Waals surface area contributed by atoms with E-state index in [-0.39, 0.29) is 29.1 Å². The first-order valence-corrected chi connectivity index (χ1v) is 31.6. The smallest absolute Gasteiger partial charge is 0.314 e. The molecule has 28 nitrogen and oxygen atoms in total.